The lowest BCUT2D eigenvalue weighted by Crippen LogP contribution is -2.40. The van der Waals surface area contributed by atoms with Crippen LogP contribution in [-0.4, -0.2) is 52.1 Å². The van der Waals surface area contributed by atoms with Crippen LogP contribution in [0.25, 0.3) is 16.5 Å². The van der Waals surface area contributed by atoms with Crippen molar-refractivity contribution >= 4 is 34.0 Å². The summed E-state index contributed by atoms with van der Waals surface area (Å²) in [5, 5.41) is 16.6. The number of aryl methyl sites for hydroxylation is 1. The van der Waals surface area contributed by atoms with Gasteiger partial charge in [-0.3, -0.25) is 14.9 Å². The minimum atomic E-state index is -0.392. The fourth-order valence-electron chi connectivity index (χ4n) is 5.89. The number of piperidine rings is 1. The van der Waals surface area contributed by atoms with E-state index in [-0.39, 0.29) is 12.0 Å². The first-order valence-electron chi connectivity index (χ1n) is 12.5. The summed E-state index contributed by atoms with van der Waals surface area (Å²) >= 11 is 0. The van der Waals surface area contributed by atoms with Crippen molar-refractivity contribution in [2.75, 3.05) is 25.0 Å². The lowest BCUT2D eigenvalue weighted by atomic mass is 9.90. The molecule has 3 aliphatic rings. The van der Waals surface area contributed by atoms with Crippen molar-refractivity contribution < 1.29 is 14.7 Å². The third kappa shape index (κ3) is 4.05. The topological polar surface area (TPSA) is 86.6 Å². The molecule has 4 heterocycles. The molecule has 7 nitrogen and oxygen atoms in total. The molecule has 1 saturated heterocycles. The number of fused-ring (bicyclic) bond motifs is 3. The molecule has 180 valence electrons. The molecule has 1 unspecified atom stereocenters. The maximum Gasteiger partial charge on any atom is 0.275 e. The van der Waals surface area contributed by atoms with E-state index >= 15 is 0 Å². The van der Waals surface area contributed by atoms with Gasteiger partial charge in [0.15, 0.2) is 0 Å². The monoisotopic (exact) mass is 470 g/mol. The molecule has 1 aromatic heterocycles. The number of carbonyl (C=O) groups is 2. The zero-order valence-electron chi connectivity index (χ0n) is 19.7. The van der Waals surface area contributed by atoms with E-state index in [1.54, 1.807) is 0 Å². The van der Waals surface area contributed by atoms with Crippen LogP contribution in [0.4, 0.5) is 5.69 Å². The number of aromatic nitrogens is 1. The van der Waals surface area contributed by atoms with Crippen molar-refractivity contribution in [3.63, 3.8) is 0 Å². The molecule has 3 N–H and O–H groups in total. The summed E-state index contributed by atoms with van der Waals surface area (Å²) in [5.41, 5.74) is 4.63. The van der Waals surface area contributed by atoms with Crippen LogP contribution in [0.15, 0.2) is 60.3 Å². The third-order valence-electron chi connectivity index (χ3n) is 7.62. The number of imide groups is 1. The summed E-state index contributed by atoms with van der Waals surface area (Å²) in [4.78, 5) is 28.5. The number of anilines is 1. The predicted octanol–water partition coefficient (Wildman–Crippen LogP) is 3.14. The van der Waals surface area contributed by atoms with E-state index in [9.17, 15) is 14.7 Å². The first-order chi connectivity index (χ1) is 17.1. The SMILES string of the molecule is O=C1NC(=O)C(c2c3n(c4ccccc24)CCC(CN2CCC(O)CC2)C3)=C1Nc1ccccc1. The average Bonchev–Trinajstić information content (AvgIpc) is 3.33. The molecule has 0 bridgehead atoms. The summed E-state index contributed by atoms with van der Waals surface area (Å²) in [6.07, 6.45) is 3.42. The molecule has 7 heteroatoms. The Bertz CT molecular complexity index is 1320. The van der Waals surface area contributed by atoms with Gasteiger partial charge in [0.1, 0.15) is 5.70 Å². The van der Waals surface area contributed by atoms with Gasteiger partial charge in [-0.15, -0.1) is 0 Å². The van der Waals surface area contributed by atoms with Gasteiger partial charge in [0, 0.05) is 54.0 Å². The van der Waals surface area contributed by atoms with Gasteiger partial charge >= 0.3 is 0 Å². The number of nitrogens with zero attached hydrogens (tertiary/aromatic N) is 2. The van der Waals surface area contributed by atoms with Crippen LogP contribution in [0.3, 0.4) is 0 Å². The molecule has 2 amide bonds. The number of benzene rings is 2. The fraction of sp³-hybridized carbons (Fsp3) is 0.357. The second-order valence-electron chi connectivity index (χ2n) is 9.91. The van der Waals surface area contributed by atoms with E-state index in [0.29, 0.717) is 17.2 Å². The normalized spacial score (nSPS) is 21.5. The highest BCUT2D eigenvalue weighted by molar-refractivity contribution is 6.38. The highest BCUT2D eigenvalue weighted by atomic mass is 16.3. The van der Waals surface area contributed by atoms with Gasteiger partial charge in [0.25, 0.3) is 11.8 Å². The number of aliphatic hydroxyl groups excluding tert-OH is 1. The molecule has 0 spiro atoms. The molecule has 1 atom stereocenters. The molecule has 35 heavy (non-hydrogen) atoms. The summed E-state index contributed by atoms with van der Waals surface area (Å²) < 4.78 is 2.34. The number of para-hydroxylation sites is 2. The summed E-state index contributed by atoms with van der Waals surface area (Å²) in [6, 6.07) is 17.7. The molecular formula is C28H30N4O3. The van der Waals surface area contributed by atoms with Gasteiger partial charge in [-0.1, -0.05) is 36.4 Å². The number of hydrogen-bond donors (Lipinski definition) is 3. The maximum absolute atomic E-state index is 13.2. The Morgan fingerprint density at radius 2 is 1.66 bits per heavy atom. The van der Waals surface area contributed by atoms with Crippen molar-refractivity contribution in [2.45, 2.75) is 38.3 Å². The molecule has 0 radical (unpaired) electrons. The average molecular weight is 471 g/mol. The number of amides is 2. The zero-order valence-corrected chi connectivity index (χ0v) is 19.7. The Morgan fingerprint density at radius 3 is 2.46 bits per heavy atom. The lowest BCUT2D eigenvalue weighted by molar-refractivity contribution is -0.123. The van der Waals surface area contributed by atoms with Crippen LogP contribution in [-0.2, 0) is 22.6 Å². The van der Waals surface area contributed by atoms with Gasteiger partial charge < -0.3 is 19.9 Å². The molecule has 1 fully saturated rings. The number of hydrogen-bond acceptors (Lipinski definition) is 5. The van der Waals surface area contributed by atoms with Crippen molar-refractivity contribution in [1.29, 1.82) is 0 Å². The maximum atomic E-state index is 13.2. The van der Waals surface area contributed by atoms with Crippen LogP contribution in [0, 0.1) is 5.92 Å². The number of carbonyl (C=O) groups excluding carboxylic acids is 2. The second kappa shape index (κ2) is 8.98. The number of nitrogens with one attached hydrogen (secondary N) is 2. The molecular weight excluding hydrogens is 440 g/mol. The molecule has 0 saturated carbocycles. The minimum Gasteiger partial charge on any atom is -0.393 e. The Hall–Kier alpha value is -3.42. The Labute approximate surface area is 204 Å². The predicted molar refractivity (Wildman–Crippen MR) is 136 cm³/mol. The lowest BCUT2D eigenvalue weighted by Gasteiger charge is -2.34. The van der Waals surface area contributed by atoms with Gasteiger partial charge in [0.05, 0.1) is 11.7 Å². The van der Waals surface area contributed by atoms with E-state index < -0.39 is 5.91 Å². The number of likely N-dealkylation sites (tertiary alicyclic amines) is 1. The Kier molecular flexibility index (Phi) is 5.66. The molecule has 6 rings (SSSR count). The minimum absolute atomic E-state index is 0.173. The summed E-state index contributed by atoms with van der Waals surface area (Å²) in [7, 11) is 0. The van der Waals surface area contributed by atoms with E-state index in [1.807, 2.05) is 42.5 Å². The molecule has 0 aliphatic carbocycles. The van der Waals surface area contributed by atoms with Crippen LogP contribution >= 0.6 is 0 Å². The fourth-order valence-corrected chi connectivity index (χ4v) is 5.89. The smallest absolute Gasteiger partial charge is 0.275 e. The number of aliphatic hydroxyl groups is 1. The van der Waals surface area contributed by atoms with Gasteiger partial charge in [0.2, 0.25) is 0 Å². The quantitative estimate of drug-likeness (QED) is 0.499. The first-order valence-corrected chi connectivity index (χ1v) is 12.5. The summed E-state index contributed by atoms with van der Waals surface area (Å²) in [6.45, 7) is 3.75. The molecule has 2 aromatic carbocycles. The molecule has 3 aliphatic heterocycles. The third-order valence-corrected chi connectivity index (χ3v) is 7.62. The van der Waals surface area contributed by atoms with E-state index in [2.05, 4.69) is 32.2 Å². The van der Waals surface area contributed by atoms with Gasteiger partial charge in [-0.2, -0.15) is 0 Å². The van der Waals surface area contributed by atoms with Crippen molar-refractivity contribution in [1.82, 2.24) is 14.8 Å². The van der Waals surface area contributed by atoms with Crippen LogP contribution in [0.5, 0.6) is 0 Å². The summed E-state index contributed by atoms with van der Waals surface area (Å²) in [5.74, 6) is -0.274. The van der Waals surface area contributed by atoms with Crippen LogP contribution in [0.2, 0.25) is 0 Å². The van der Waals surface area contributed by atoms with Gasteiger partial charge in [-0.05, 0) is 49.8 Å². The van der Waals surface area contributed by atoms with Crippen molar-refractivity contribution in [3.8, 4) is 0 Å². The largest absolute Gasteiger partial charge is 0.393 e. The van der Waals surface area contributed by atoms with Crippen LogP contribution < -0.4 is 10.6 Å². The number of rotatable bonds is 5. The first kappa shape index (κ1) is 22.1. The standard InChI is InChI=1S/C28H30N4O3/c33-20-11-13-31(14-12-20)17-18-10-15-32-22-9-5-4-8-21(22)24(23(32)16-18)25-26(28(35)30-27(25)34)29-19-6-2-1-3-7-19/h1-9,18,20,33H,10-17H2,(H2,29,30,34,35). The highest BCUT2D eigenvalue weighted by Gasteiger charge is 2.37. The van der Waals surface area contributed by atoms with E-state index in [0.717, 1.165) is 79.7 Å². The van der Waals surface area contributed by atoms with Crippen molar-refractivity contribution in [2.24, 2.45) is 5.92 Å². The van der Waals surface area contributed by atoms with Crippen LogP contribution in [0.1, 0.15) is 30.5 Å². The van der Waals surface area contributed by atoms with E-state index in [1.165, 1.54) is 0 Å². The highest BCUT2D eigenvalue weighted by Crippen LogP contribution is 2.39. The van der Waals surface area contributed by atoms with Gasteiger partial charge in [-0.25, -0.2) is 0 Å². The Morgan fingerprint density at radius 1 is 0.914 bits per heavy atom. The zero-order chi connectivity index (χ0) is 23.9. The van der Waals surface area contributed by atoms with Crippen molar-refractivity contribution in [3.05, 3.63) is 71.6 Å². The Balaban J connectivity index is 1.41. The van der Waals surface area contributed by atoms with E-state index in [4.69, 9.17) is 0 Å². The molecule has 3 aromatic rings. The second-order valence-corrected chi connectivity index (χ2v) is 9.91.